The number of terminal acetylenes is 1. The molecule has 0 atom stereocenters. The number of carbonyl (C=O) groups excluding carboxylic acids is 1. The lowest BCUT2D eigenvalue weighted by molar-refractivity contribution is 0.0552. The number of carbonyl (C=O) groups is 1. The molecule has 0 unspecified atom stereocenters. The molecule has 1 aromatic carbocycles. The monoisotopic (exact) mass is 258 g/mol. The molecule has 0 bridgehead atoms. The van der Waals surface area contributed by atoms with Crippen molar-refractivity contribution in [2.45, 2.75) is 0 Å². The third-order valence-corrected chi connectivity index (χ3v) is 2.45. The molecule has 19 heavy (non-hydrogen) atoms. The van der Waals surface area contributed by atoms with Gasteiger partial charge >= 0.3 is 11.6 Å². The quantitative estimate of drug-likeness (QED) is 0.475. The van der Waals surface area contributed by atoms with Crippen molar-refractivity contribution in [2.75, 3.05) is 13.7 Å². The van der Waals surface area contributed by atoms with Crippen LogP contribution in [0.2, 0.25) is 0 Å². The minimum absolute atomic E-state index is 0.187. The van der Waals surface area contributed by atoms with E-state index in [1.54, 1.807) is 18.2 Å². The van der Waals surface area contributed by atoms with E-state index >= 15 is 0 Å². The lowest BCUT2D eigenvalue weighted by atomic mass is 10.2. The summed E-state index contributed by atoms with van der Waals surface area (Å²) in [5.74, 6) is 1.90. The number of hydrogen-bond donors (Lipinski definition) is 0. The number of esters is 1. The first kappa shape index (κ1) is 12.7. The molecule has 1 heterocycles. The Labute approximate surface area is 108 Å². The van der Waals surface area contributed by atoms with Crippen molar-refractivity contribution in [1.82, 2.24) is 0 Å². The van der Waals surface area contributed by atoms with Gasteiger partial charge < -0.3 is 13.9 Å². The fourth-order valence-electron chi connectivity index (χ4n) is 1.55. The van der Waals surface area contributed by atoms with Crippen LogP contribution in [0.3, 0.4) is 0 Å². The van der Waals surface area contributed by atoms with Gasteiger partial charge in [-0.3, -0.25) is 0 Å². The zero-order valence-electron chi connectivity index (χ0n) is 10.1. The summed E-state index contributed by atoms with van der Waals surface area (Å²) >= 11 is 0. The van der Waals surface area contributed by atoms with Crippen molar-refractivity contribution in [3.63, 3.8) is 0 Å². The Bertz CT molecular complexity index is 721. The maximum absolute atomic E-state index is 11.7. The summed E-state index contributed by atoms with van der Waals surface area (Å²) in [5, 5.41) is 0.591. The summed E-state index contributed by atoms with van der Waals surface area (Å²) in [6, 6.07) is 6.33. The van der Waals surface area contributed by atoms with Crippen LogP contribution in [0.15, 0.2) is 33.5 Å². The molecule has 0 aliphatic rings. The Morgan fingerprint density at radius 2 is 2.21 bits per heavy atom. The van der Waals surface area contributed by atoms with E-state index in [1.165, 1.54) is 13.2 Å². The number of methoxy groups -OCH3 is 1. The van der Waals surface area contributed by atoms with E-state index in [9.17, 15) is 9.59 Å². The lowest BCUT2D eigenvalue weighted by Crippen LogP contribution is -2.16. The molecule has 0 spiro atoms. The van der Waals surface area contributed by atoms with Crippen molar-refractivity contribution in [1.29, 1.82) is 0 Å². The van der Waals surface area contributed by atoms with E-state index in [2.05, 4.69) is 5.92 Å². The highest BCUT2D eigenvalue weighted by molar-refractivity contribution is 5.93. The first-order valence-electron chi connectivity index (χ1n) is 5.38. The minimum atomic E-state index is -0.801. The predicted octanol–water partition coefficient (Wildman–Crippen LogP) is 1.59. The number of hydrogen-bond acceptors (Lipinski definition) is 5. The molecule has 0 aliphatic carbocycles. The molecule has 0 aliphatic heterocycles. The van der Waals surface area contributed by atoms with Crippen molar-refractivity contribution in [3.05, 3.63) is 40.2 Å². The van der Waals surface area contributed by atoms with Gasteiger partial charge in [0.2, 0.25) is 0 Å². The molecule has 0 saturated heterocycles. The van der Waals surface area contributed by atoms with E-state index in [0.717, 1.165) is 0 Å². The van der Waals surface area contributed by atoms with Gasteiger partial charge in [0.05, 0.1) is 7.11 Å². The Kier molecular flexibility index (Phi) is 3.53. The summed E-state index contributed by atoms with van der Waals surface area (Å²) in [6.07, 6.45) is 4.97. The number of ether oxygens (including phenoxy) is 2. The fourth-order valence-corrected chi connectivity index (χ4v) is 1.55. The molecule has 1 aromatic heterocycles. The Morgan fingerprint density at radius 3 is 2.89 bits per heavy atom. The van der Waals surface area contributed by atoms with Gasteiger partial charge in [-0.25, -0.2) is 9.59 Å². The van der Waals surface area contributed by atoms with Crippen LogP contribution in [-0.4, -0.2) is 19.7 Å². The summed E-state index contributed by atoms with van der Waals surface area (Å²) in [4.78, 5) is 23.3. The van der Waals surface area contributed by atoms with Gasteiger partial charge in [0.15, 0.2) is 6.61 Å². The topological polar surface area (TPSA) is 65.7 Å². The summed E-state index contributed by atoms with van der Waals surface area (Å²) < 4.78 is 14.8. The fraction of sp³-hybridized carbons (Fsp3) is 0.143. The van der Waals surface area contributed by atoms with Crippen LogP contribution < -0.4 is 10.4 Å². The highest BCUT2D eigenvalue weighted by Crippen LogP contribution is 2.20. The Morgan fingerprint density at radius 1 is 1.42 bits per heavy atom. The van der Waals surface area contributed by atoms with Gasteiger partial charge in [0.1, 0.15) is 16.9 Å². The van der Waals surface area contributed by atoms with Crippen LogP contribution in [0.5, 0.6) is 5.75 Å². The molecule has 0 fully saturated rings. The van der Waals surface area contributed by atoms with Crippen LogP contribution >= 0.6 is 0 Å². The maximum atomic E-state index is 11.7. The molecule has 0 amide bonds. The molecular formula is C14H10O5. The standard InChI is InChI=1S/C14H10O5/c1-3-6-18-13(15)11-7-9-4-5-10(17-2)8-12(9)19-14(11)16/h1,4-5,7-8H,6H2,2H3. The van der Waals surface area contributed by atoms with E-state index in [-0.39, 0.29) is 12.2 Å². The number of benzene rings is 1. The largest absolute Gasteiger partial charge is 0.497 e. The zero-order valence-corrected chi connectivity index (χ0v) is 10.1. The molecule has 5 nitrogen and oxygen atoms in total. The lowest BCUT2D eigenvalue weighted by Gasteiger charge is -2.03. The normalized spacial score (nSPS) is 9.89. The average molecular weight is 258 g/mol. The van der Waals surface area contributed by atoms with E-state index < -0.39 is 11.6 Å². The molecule has 0 N–H and O–H groups in total. The number of rotatable bonds is 3. The third-order valence-electron chi connectivity index (χ3n) is 2.45. The molecule has 2 rings (SSSR count). The highest BCUT2D eigenvalue weighted by atomic mass is 16.5. The van der Waals surface area contributed by atoms with Gasteiger partial charge in [-0.2, -0.15) is 0 Å². The van der Waals surface area contributed by atoms with Crippen LogP contribution in [0.1, 0.15) is 10.4 Å². The van der Waals surface area contributed by atoms with E-state index in [1.807, 2.05) is 0 Å². The SMILES string of the molecule is C#CCOC(=O)c1cc2ccc(OC)cc2oc1=O. The third kappa shape index (κ3) is 2.58. The van der Waals surface area contributed by atoms with Gasteiger partial charge in [0, 0.05) is 11.5 Å². The maximum Gasteiger partial charge on any atom is 0.351 e. The smallest absolute Gasteiger partial charge is 0.351 e. The first-order chi connectivity index (χ1) is 9.15. The zero-order chi connectivity index (χ0) is 13.8. The van der Waals surface area contributed by atoms with Gasteiger partial charge in [-0.1, -0.05) is 5.92 Å². The van der Waals surface area contributed by atoms with Crippen LogP contribution in [0.4, 0.5) is 0 Å². The summed E-state index contributed by atoms with van der Waals surface area (Å²) in [7, 11) is 1.50. The van der Waals surface area contributed by atoms with Crippen LogP contribution in [-0.2, 0) is 4.74 Å². The first-order valence-corrected chi connectivity index (χ1v) is 5.38. The molecule has 96 valence electrons. The van der Waals surface area contributed by atoms with E-state index in [4.69, 9.17) is 20.3 Å². The van der Waals surface area contributed by atoms with Crippen molar-refractivity contribution >= 4 is 16.9 Å². The Hall–Kier alpha value is -2.74. The summed E-state index contributed by atoms with van der Waals surface area (Å²) in [5.41, 5.74) is -0.631. The molecular weight excluding hydrogens is 248 g/mol. The number of fused-ring (bicyclic) bond motifs is 1. The molecule has 0 saturated carbocycles. The van der Waals surface area contributed by atoms with Crippen molar-refractivity contribution < 1.29 is 18.7 Å². The molecule has 2 aromatic rings. The second kappa shape index (κ2) is 5.27. The average Bonchev–Trinajstić information content (AvgIpc) is 2.43. The molecule has 0 radical (unpaired) electrons. The van der Waals surface area contributed by atoms with E-state index in [0.29, 0.717) is 16.7 Å². The second-order valence-electron chi connectivity index (χ2n) is 3.63. The van der Waals surface area contributed by atoms with Gasteiger partial charge in [-0.15, -0.1) is 6.42 Å². The van der Waals surface area contributed by atoms with Gasteiger partial charge in [0.25, 0.3) is 0 Å². The van der Waals surface area contributed by atoms with Gasteiger partial charge in [-0.05, 0) is 18.2 Å². The highest BCUT2D eigenvalue weighted by Gasteiger charge is 2.15. The second-order valence-corrected chi connectivity index (χ2v) is 3.63. The van der Waals surface area contributed by atoms with Crippen LogP contribution in [0, 0.1) is 12.3 Å². The summed E-state index contributed by atoms with van der Waals surface area (Å²) in [6.45, 7) is -0.196. The van der Waals surface area contributed by atoms with Crippen molar-refractivity contribution in [3.8, 4) is 18.1 Å². The molecule has 5 heteroatoms. The minimum Gasteiger partial charge on any atom is -0.497 e. The predicted molar refractivity (Wildman–Crippen MR) is 68.2 cm³/mol. The van der Waals surface area contributed by atoms with Crippen molar-refractivity contribution in [2.24, 2.45) is 0 Å². The Balaban J connectivity index is 2.48. The van der Waals surface area contributed by atoms with Crippen LogP contribution in [0.25, 0.3) is 11.0 Å².